The summed E-state index contributed by atoms with van der Waals surface area (Å²) in [6.45, 7) is 0.731. The van der Waals surface area contributed by atoms with Gasteiger partial charge in [-0.05, 0) is 12.3 Å². The third-order valence-electron chi connectivity index (χ3n) is 2.41. The summed E-state index contributed by atoms with van der Waals surface area (Å²) in [4.78, 5) is 12.5. The van der Waals surface area contributed by atoms with E-state index in [0.717, 1.165) is 6.26 Å². The first-order chi connectivity index (χ1) is 9.35. The Morgan fingerprint density at radius 2 is 1.86 bits per heavy atom. The van der Waals surface area contributed by atoms with Crippen molar-refractivity contribution < 1.29 is 31.5 Å². The van der Waals surface area contributed by atoms with Crippen LogP contribution in [0.5, 0.6) is 0 Å². The van der Waals surface area contributed by atoms with Crippen molar-refractivity contribution in [1.29, 1.82) is 0 Å². The van der Waals surface area contributed by atoms with Crippen LogP contribution in [0.2, 0.25) is 0 Å². The maximum absolute atomic E-state index is 12.4. The molecule has 6 nitrogen and oxygen atoms in total. The molecule has 126 valence electrons. The van der Waals surface area contributed by atoms with Crippen molar-refractivity contribution in [3.63, 3.8) is 0 Å². The molecule has 0 heterocycles. The number of carbonyl (C=O) groups excluding carboxylic acids is 1. The normalized spacial score (nSPS) is 14.3. The second kappa shape index (κ2) is 7.95. The molecular weight excluding hydrogens is 313 g/mol. The van der Waals surface area contributed by atoms with Gasteiger partial charge in [0, 0.05) is 6.54 Å². The van der Waals surface area contributed by atoms with E-state index in [1.165, 1.54) is 0 Å². The van der Waals surface area contributed by atoms with Crippen LogP contribution in [0.3, 0.4) is 0 Å². The highest BCUT2D eigenvalue weighted by molar-refractivity contribution is 7.88. The summed E-state index contributed by atoms with van der Waals surface area (Å²) in [5, 5.41) is 8.78. The largest absolute Gasteiger partial charge is 0.406 e. The standard InChI is InChI=1S/C11H21F3N2O4S/c1-8(2)6-9(15-21(3,19)20)10(18)16(4-5-17)7-11(12,13)14/h8-9,15,17H,4-7H2,1-3H3. The zero-order chi connectivity index (χ0) is 16.8. The Bertz CT molecular complexity index is 437. The predicted molar refractivity (Wildman–Crippen MR) is 70.9 cm³/mol. The van der Waals surface area contributed by atoms with Crippen molar-refractivity contribution in [1.82, 2.24) is 9.62 Å². The molecule has 1 amide bonds. The average molecular weight is 334 g/mol. The summed E-state index contributed by atoms with van der Waals surface area (Å²) in [5.74, 6) is -1.10. The summed E-state index contributed by atoms with van der Waals surface area (Å²) < 4.78 is 61.8. The second-order valence-corrected chi connectivity index (χ2v) is 6.95. The molecule has 10 heteroatoms. The zero-order valence-corrected chi connectivity index (χ0v) is 13.0. The first-order valence-electron chi connectivity index (χ1n) is 6.29. The van der Waals surface area contributed by atoms with Crippen LogP contribution in [-0.2, 0) is 14.8 Å². The van der Waals surface area contributed by atoms with Crippen LogP contribution < -0.4 is 4.72 Å². The summed E-state index contributed by atoms with van der Waals surface area (Å²) in [6.07, 6.45) is -3.74. The number of sulfonamides is 1. The van der Waals surface area contributed by atoms with E-state index in [1.54, 1.807) is 13.8 Å². The van der Waals surface area contributed by atoms with Crippen molar-refractivity contribution in [2.45, 2.75) is 32.5 Å². The lowest BCUT2D eigenvalue weighted by atomic mass is 10.0. The van der Waals surface area contributed by atoms with Crippen molar-refractivity contribution in [2.75, 3.05) is 26.0 Å². The molecule has 0 aliphatic carbocycles. The fraction of sp³-hybridized carbons (Fsp3) is 0.909. The van der Waals surface area contributed by atoms with Gasteiger partial charge in [0.2, 0.25) is 15.9 Å². The molecule has 2 N–H and O–H groups in total. The Morgan fingerprint density at radius 1 is 1.33 bits per heavy atom. The van der Waals surface area contributed by atoms with Crippen molar-refractivity contribution in [3.8, 4) is 0 Å². The molecule has 0 aromatic carbocycles. The van der Waals surface area contributed by atoms with Gasteiger partial charge in [-0.25, -0.2) is 13.1 Å². The molecule has 21 heavy (non-hydrogen) atoms. The van der Waals surface area contributed by atoms with Crippen LogP contribution in [0, 0.1) is 5.92 Å². The second-order valence-electron chi connectivity index (χ2n) is 5.17. The fourth-order valence-corrected chi connectivity index (χ4v) is 2.47. The third-order valence-corrected chi connectivity index (χ3v) is 3.13. The van der Waals surface area contributed by atoms with E-state index >= 15 is 0 Å². The van der Waals surface area contributed by atoms with Gasteiger partial charge in [0.1, 0.15) is 12.6 Å². The first-order valence-corrected chi connectivity index (χ1v) is 8.18. The highest BCUT2D eigenvalue weighted by Crippen LogP contribution is 2.18. The molecule has 0 aromatic rings. The number of nitrogens with zero attached hydrogens (tertiary/aromatic N) is 1. The van der Waals surface area contributed by atoms with E-state index in [2.05, 4.69) is 0 Å². The maximum Gasteiger partial charge on any atom is 0.406 e. The van der Waals surface area contributed by atoms with E-state index < -0.39 is 47.8 Å². The van der Waals surface area contributed by atoms with Gasteiger partial charge in [-0.1, -0.05) is 13.8 Å². The molecule has 0 spiro atoms. The minimum Gasteiger partial charge on any atom is -0.395 e. The highest BCUT2D eigenvalue weighted by atomic mass is 32.2. The summed E-state index contributed by atoms with van der Waals surface area (Å²) in [7, 11) is -3.75. The van der Waals surface area contributed by atoms with Crippen LogP contribution in [0.15, 0.2) is 0 Å². The molecule has 0 aromatic heterocycles. The van der Waals surface area contributed by atoms with E-state index in [4.69, 9.17) is 5.11 Å². The number of aliphatic hydroxyl groups excluding tert-OH is 1. The highest BCUT2D eigenvalue weighted by Gasteiger charge is 2.36. The van der Waals surface area contributed by atoms with E-state index in [1.807, 2.05) is 4.72 Å². The molecule has 0 bridgehead atoms. The molecule has 0 rings (SSSR count). The van der Waals surface area contributed by atoms with Crippen LogP contribution in [-0.4, -0.2) is 62.5 Å². The third kappa shape index (κ3) is 9.64. The SMILES string of the molecule is CC(C)CC(NS(C)(=O)=O)C(=O)N(CCO)CC(F)(F)F. The zero-order valence-electron chi connectivity index (χ0n) is 12.1. The molecular formula is C11H21F3N2O4S. The number of amides is 1. The fourth-order valence-electron chi connectivity index (χ4n) is 1.75. The Morgan fingerprint density at radius 3 is 2.19 bits per heavy atom. The number of alkyl halides is 3. The molecule has 0 saturated carbocycles. The van der Waals surface area contributed by atoms with Gasteiger partial charge < -0.3 is 10.0 Å². The average Bonchev–Trinajstić information content (AvgIpc) is 2.22. The lowest BCUT2D eigenvalue weighted by Gasteiger charge is -2.28. The number of aliphatic hydroxyl groups is 1. The Balaban J connectivity index is 5.18. The van der Waals surface area contributed by atoms with Crippen LogP contribution in [0.25, 0.3) is 0 Å². The first kappa shape index (κ1) is 20.1. The summed E-state index contributed by atoms with van der Waals surface area (Å²) in [6, 6.07) is -1.28. The van der Waals surface area contributed by atoms with Crippen molar-refractivity contribution in [2.24, 2.45) is 5.92 Å². The number of rotatable bonds is 8. The lowest BCUT2D eigenvalue weighted by Crippen LogP contribution is -2.51. The molecule has 0 saturated heterocycles. The van der Waals surface area contributed by atoms with Gasteiger partial charge in [-0.15, -0.1) is 0 Å². The van der Waals surface area contributed by atoms with Crippen LogP contribution in [0.1, 0.15) is 20.3 Å². The Labute approximate surface area is 122 Å². The minimum atomic E-state index is -4.63. The summed E-state index contributed by atoms with van der Waals surface area (Å²) >= 11 is 0. The van der Waals surface area contributed by atoms with Gasteiger partial charge in [-0.2, -0.15) is 13.2 Å². The smallest absolute Gasteiger partial charge is 0.395 e. The molecule has 0 fully saturated rings. The van der Waals surface area contributed by atoms with Gasteiger partial charge >= 0.3 is 6.18 Å². The van der Waals surface area contributed by atoms with Gasteiger partial charge in [0.15, 0.2) is 0 Å². The van der Waals surface area contributed by atoms with Gasteiger partial charge in [0.25, 0.3) is 0 Å². The van der Waals surface area contributed by atoms with E-state index in [9.17, 15) is 26.4 Å². The topological polar surface area (TPSA) is 86.7 Å². The van der Waals surface area contributed by atoms with Gasteiger partial charge in [0.05, 0.1) is 12.9 Å². The monoisotopic (exact) mass is 334 g/mol. The maximum atomic E-state index is 12.4. The number of halogens is 3. The minimum absolute atomic E-state index is 0.0612. The Hall–Kier alpha value is -0.870. The van der Waals surface area contributed by atoms with Crippen molar-refractivity contribution >= 4 is 15.9 Å². The number of hydrogen-bond donors (Lipinski definition) is 2. The van der Waals surface area contributed by atoms with Gasteiger partial charge in [-0.3, -0.25) is 4.79 Å². The predicted octanol–water partition coefficient (Wildman–Crippen LogP) is 0.333. The summed E-state index contributed by atoms with van der Waals surface area (Å²) in [5.41, 5.74) is 0. The molecule has 0 radical (unpaired) electrons. The van der Waals surface area contributed by atoms with Crippen molar-refractivity contribution in [3.05, 3.63) is 0 Å². The Kier molecular flexibility index (Phi) is 7.62. The molecule has 1 atom stereocenters. The number of carbonyl (C=O) groups is 1. The number of nitrogens with one attached hydrogen (secondary N) is 1. The molecule has 0 aliphatic heterocycles. The van der Waals surface area contributed by atoms with Crippen LogP contribution >= 0.6 is 0 Å². The molecule has 1 unspecified atom stereocenters. The van der Waals surface area contributed by atoms with E-state index in [0.29, 0.717) is 4.90 Å². The number of hydrogen-bond acceptors (Lipinski definition) is 4. The molecule has 0 aliphatic rings. The lowest BCUT2D eigenvalue weighted by molar-refractivity contribution is -0.163. The quantitative estimate of drug-likeness (QED) is 0.670. The van der Waals surface area contributed by atoms with Crippen LogP contribution in [0.4, 0.5) is 13.2 Å². The van der Waals surface area contributed by atoms with E-state index in [-0.39, 0.29) is 12.3 Å².